The van der Waals surface area contributed by atoms with Gasteiger partial charge in [-0.05, 0) is 6.07 Å². The summed E-state index contributed by atoms with van der Waals surface area (Å²) in [6.45, 7) is 0. The number of hydrogen-bond donors (Lipinski definition) is 0. The predicted octanol–water partition coefficient (Wildman–Crippen LogP) is 1.74. The number of para-hydroxylation sites is 1. The van der Waals surface area contributed by atoms with E-state index in [1.165, 1.54) is 0 Å². The van der Waals surface area contributed by atoms with Gasteiger partial charge in [0.05, 0.1) is 0 Å². The van der Waals surface area contributed by atoms with E-state index in [4.69, 9.17) is 14.2 Å². The third-order valence-electron chi connectivity index (χ3n) is 2.20. The Hall–Kier alpha value is -1.06. The highest BCUT2D eigenvalue weighted by Crippen LogP contribution is 2.38. The molecular formula is C10H12O3. The summed E-state index contributed by atoms with van der Waals surface area (Å²) in [5.41, 5.74) is 1.05. The maximum Gasteiger partial charge on any atom is 0.230 e. The second kappa shape index (κ2) is 3.36. The highest BCUT2D eigenvalue weighted by Gasteiger charge is 2.34. The van der Waals surface area contributed by atoms with E-state index >= 15 is 0 Å². The van der Waals surface area contributed by atoms with Crippen LogP contribution in [-0.4, -0.2) is 20.5 Å². The van der Waals surface area contributed by atoms with E-state index in [-0.39, 0.29) is 12.4 Å². The molecule has 0 bridgehead atoms. The SMILES string of the molecule is COC1Oc2ccccc2C1OC. The van der Waals surface area contributed by atoms with Crippen LogP contribution in [0.1, 0.15) is 11.7 Å². The molecule has 0 saturated heterocycles. The van der Waals surface area contributed by atoms with Gasteiger partial charge in [-0.15, -0.1) is 0 Å². The average Bonchev–Trinajstić information content (AvgIpc) is 2.55. The third-order valence-corrected chi connectivity index (χ3v) is 2.20. The Labute approximate surface area is 77.2 Å². The van der Waals surface area contributed by atoms with Crippen molar-refractivity contribution in [1.29, 1.82) is 0 Å². The second-order valence-corrected chi connectivity index (χ2v) is 2.92. The van der Waals surface area contributed by atoms with Crippen LogP contribution in [0.5, 0.6) is 5.75 Å². The van der Waals surface area contributed by atoms with Crippen LogP contribution < -0.4 is 4.74 Å². The third kappa shape index (κ3) is 1.30. The fourth-order valence-electron chi connectivity index (χ4n) is 1.57. The van der Waals surface area contributed by atoms with Crippen LogP contribution >= 0.6 is 0 Å². The Bertz CT molecular complexity index is 298. The maximum atomic E-state index is 5.51. The first-order chi connectivity index (χ1) is 6.36. The molecule has 0 spiro atoms. The van der Waals surface area contributed by atoms with Gasteiger partial charge in [0.2, 0.25) is 6.29 Å². The molecule has 0 amide bonds. The molecule has 1 aromatic carbocycles. The average molecular weight is 180 g/mol. The quantitative estimate of drug-likeness (QED) is 0.693. The molecule has 1 aliphatic heterocycles. The van der Waals surface area contributed by atoms with E-state index in [1.54, 1.807) is 14.2 Å². The number of rotatable bonds is 2. The zero-order valence-corrected chi connectivity index (χ0v) is 7.69. The molecule has 1 heterocycles. The lowest BCUT2D eigenvalue weighted by Gasteiger charge is -2.15. The van der Waals surface area contributed by atoms with E-state index < -0.39 is 0 Å². The summed E-state index contributed by atoms with van der Waals surface area (Å²) in [4.78, 5) is 0. The minimum Gasteiger partial charge on any atom is -0.461 e. The molecule has 13 heavy (non-hydrogen) atoms. The molecule has 2 rings (SSSR count). The Balaban J connectivity index is 2.34. The molecule has 3 nitrogen and oxygen atoms in total. The van der Waals surface area contributed by atoms with Crippen molar-refractivity contribution in [3.05, 3.63) is 29.8 Å². The molecule has 1 aromatic rings. The Morgan fingerprint density at radius 1 is 1.15 bits per heavy atom. The summed E-state index contributed by atoms with van der Waals surface area (Å²) < 4.78 is 16.0. The van der Waals surface area contributed by atoms with Gasteiger partial charge in [0, 0.05) is 19.8 Å². The minimum absolute atomic E-state index is 0.110. The van der Waals surface area contributed by atoms with Crippen LogP contribution in [0.25, 0.3) is 0 Å². The van der Waals surface area contributed by atoms with Crippen LogP contribution in [-0.2, 0) is 9.47 Å². The number of hydrogen-bond acceptors (Lipinski definition) is 3. The molecule has 2 atom stereocenters. The first-order valence-corrected chi connectivity index (χ1v) is 4.18. The summed E-state index contributed by atoms with van der Waals surface area (Å²) in [5, 5.41) is 0. The molecular weight excluding hydrogens is 168 g/mol. The first kappa shape index (κ1) is 8.53. The van der Waals surface area contributed by atoms with Gasteiger partial charge < -0.3 is 14.2 Å². The number of benzene rings is 1. The van der Waals surface area contributed by atoms with Gasteiger partial charge in [-0.2, -0.15) is 0 Å². The van der Waals surface area contributed by atoms with Gasteiger partial charge in [0.25, 0.3) is 0 Å². The van der Waals surface area contributed by atoms with E-state index in [0.717, 1.165) is 11.3 Å². The van der Waals surface area contributed by atoms with Gasteiger partial charge in [-0.1, -0.05) is 18.2 Å². The monoisotopic (exact) mass is 180 g/mol. The zero-order valence-electron chi connectivity index (χ0n) is 7.69. The zero-order chi connectivity index (χ0) is 9.26. The molecule has 0 aromatic heterocycles. The number of ether oxygens (including phenoxy) is 3. The minimum atomic E-state index is -0.317. The normalized spacial score (nSPS) is 25.4. The predicted molar refractivity (Wildman–Crippen MR) is 47.6 cm³/mol. The lowest BCUT2D eigenvalue weighted by molar-refractivity contribution is -0.121. The van der Waals surface area contributed by atoms with Crippen molar-refractivity contribution < 1.29 is 14.2 Å². The van der Waals surface area contributed by atoms with E-state index in [0.29, 0.717) is 0 Å². The number of methoxy groups -OCH3 is 2. The molecule has 2 unspecified atom stereocenters. The Morgan fingerprint density at radius 3 is 2.62 bits per heavy atom. The van der Waals surface area contributed by atoms with Crippen LogP contribution in [0.3, 0.4) is 0 Å². The van der Waals surface area contributed by atoms with Crippen LogP contribution in [0, 0.1) is 0 Å². The molecule has 0 saturated carbocycles. The van der Waals surface area contributed by atoms with Crippen molar-refractivity contribution in [2.45, 2.75) is 12.4 Å². The number of fused-ring (bicyclic) bond motifs is 1. The summed E-state index contributed by atoms with van der Waals surface area (Å²) in [6.07, 6.45) is -0.427. The molecule has 3 heteroatoms. The van der Waals surface area contributed by atoms with Gasteiger partial charge in [-0.3, -0.25) is 0 Å². The molecule has 0 aliphatic carbocycles. The summed E-state index contributed by atoms with van der Waals surface area (Å²) in [7, 11) is 3.27. The highest BCUT2D eigenvalue weighted by atomic mass is 16.7. The Kier molecular flexibility index (Phi) is 2.20. The van der Waals surface area contributed by atoms with Crippen molar-refractivity contribution in [2.75, 3.05) is 14.2 Å². The van der Waals surface area contributed by atoms with Crippen molar-refractivity contribution in [3.8, 4) is 5.75 Å². The van der Waals surface area contributed by atoms with E-state index in [1.807, 2.05) is 24.3 Å². The Morgan fingerprint density at radius 2 is 1.92 bits per heavy atom. The van der Waals surface area contributed by atoms with E-state index in [2.05, 4.69) is 0 Å². The smallest absolute Gasteiger partial charge is 0.230 e. The van der Waals surface area contributed by atoms with Crippen molar-refractivity contribution in [3.63, 3.8) is 0 Å². The van der Waals surface area contributed by atoms with Crippen molar-refractivity contribution in [1.82, 2.24) is 0 Å². The standard InChI is InChI=1S/C10H12O3/c1-11-9-7-5-3-4-6-8(7)13-10(9)12-2/h3-6,9-10H,1-2H3. The van der Waals surface area contributed by atoms with Crippen molar-refractivity contribution in [2.24, 2.45) is 0 Å². The van der Waals surface area contributed by atoms with Crippen LogP contribution in [0.15, 0.2) is 24.3 Å². The summed E-state index contributed by atoms with van der Waals surface area (Å²) in [6, 6.07) is 7.80. The van der Waals surface area contributed by atoms with Crippen molar-refractivity contribution >= 4 is 0 Å². The van der Waals surface area contributed by atoms with Gasteiger partial charge in [-0.25, -0.2) is 0 Å². The lowest BCUT2D eigenvalue weighted by Crippen LogP contribution is -2.21. The first-order valence-electron chi connectivity index (χ1n) is 4.18. The van der Waals surface area contributed by atoms with Gasteiger partial charge in [0.15, 0.2) is 0 Å². The fraction of sp³-hybridized carbons (Fsp3) is 0.400. The van der Waals surface area contributed by atoms with Gasteiger partial charge in [0.1, 0.15) is 11.9 Å². The van der Waals surface area contributed by atoms with Crippen LogP contribution in [0.2, 0.25) is 0 Å². The summed E-state index contributed by atoms with van der Waals surface area (Å²) in [5.74, 6) is 0.848. The molecule has 70 valence electrons. The maximum absolute atomic E-state index is 5.51. The van der Waals surface area contributed by atoms with E-state index in [9.17, 15) is 0 Å². The molecule has 0 radical (unpaired) electrons. The van der Waals surface area contributed by atoms with Crippen LogP contribution in [0.4, 0.5) is 0 Å². The second-order valence-electron chi connectivity index (χ2n) is 2.92. The lowest BCUT2D eigenvalue weighted by atomic mass is 10.1. The largest absolute Gasteiger partial charge is 0.461 e. The molecule has 0 N–H and O–H groups in total. The fourth-order valence-corrected chi connectivity index (χ4v) is 1.57. The summed E-state index contributed by atoms with van der Waals surface area (Å²) >= 11 is 0. The molecule has 1 aliphatic rings. The topological polar surface area (TPSA) is 27.7 Å². The highest BCUT2D eigenvalue weighted by molar-refractivity contribution is 5.38. The van der Waals surface area contributed by atoms with Gasteiger partial charge >= 0.3 is 0 Å². The molecule has 0 fully saturated rings.